The van der Waals surface area contributed by atoms with E-state index in [2.05, 4.69) is 0 Å². The first kappa shape index (κ1) is 10.7. The van der Waals surface area contributed by atoms with Crippen LogP contribution in [0.25, 0.3) is 0 Å². The van der Waals surface area contributed by atoms with Crippen molar-refractivity contribution in [3.63, 3.8) is 0 Å². The van der Waals surface area contributed by atoms with Crippen LogP contribution in [0.5, 0.6) is 5.75 Å². The predicted octanol–water partition coefficient (Wildman–Crippen LogP) is 1.84. The normalized spacial score (nSPS) is 19.1. The number of carbonyl (C=O) groups is 2. The van der Waals surface area contributed by atoms with Gasteiger partial charge in [-0.3, -0.25) is 9.59 Å². The summed E-state index contributed by atoms with van der Waals surface area (Å²) in [5.74, 6) is -0.873. The van der Waals surface area contributed by atoms with E-state index in [1.807, 2.05) is 0 Å². The molecule has 1 N–H and O–H groups in total. The van der Waals surface area contributed by atoms with Crippen LogP contribution in [0.1, 0.15) is 34.7 Å². The summed E-state index contributed by atoms with van der Waals surface area (Å²) >= 11 is 0. The largest absolute Gasteiger partial charge is 0.497 e. The van der Waals surface area contributed by atoms with Crippen LogP contribution in [0, 0.1) is 0 Å². The molecular weight excluding hydrogens is 208 g/mol. The van der Waals surface area contributed by atoms with Crippen LogP contribution in [-0.2, 0) is 4.79 Å². The topological polar surface area (TPSA) is 63.6 Å². The molecule has 1 aromatic carbocycles. The summed E-state index contributed by atoms with van der Waals surface area (Å²) in [6, 6.07) is 4.98. The first-order valence-corrected chi connectivity index (χ1v) is 5.07. The van der Waals surface area contributed by atoms with Crippen molar-refractivity contribution in [1.82, 2.24) is 0 Å². The van der Waals surface area contributed by atoms with Crippen LogP contribution in [-0.4, -0.2) is 24.0 Å². The molecule has 0 amide bonds. The van der Waals surface area contributed by atoms with Crippen LogP contribution in [0.3, 0.4) is 0 Å². The predicted molar refractivity (Wildman–Crippen MR) is 56.9 cm³/mol. The maximum absolute atomic E-state index is 11.7. The second-order valence-corrected chi connectivity index (χ2v) is 3.81. The number of benzene rings is 1. The number of hydrogen-bond donors (Lipinski definition) is 1. The van der Waals surface area contributed by atoms with Crippen molar-refractivity contribution >= 4 is 11.8 Å². The smallest absolute Gasteiger partial charge is 0.311 e. The fraction of sp³-hybridized carbons (Fsp3) is 0.333. The van der Waals surface area contributed by atoms with Crippen molar-refractivity contribution in [3.05, 3.63) is 29.3 Å². The highest BCUT2D eigenvalue weighted by Crippen LogP contribution is 2.33. The van der Waals surface area contributed by atoms with E-state index < -0.39 is 11.9 Å². The molecule has 0 saturated heterocycles. The number of methoxy groups -OCH3 is 1. The average Bonchev–Trinajstić information content (AvgIpc) is 2.29. The van der Waals surface area contributed by atoms with Gasteiger partial charge in [-0.05, 0) is 24.1 Å². The fourth-order valence-corrected chi connectivity index (χ4v) is 2.03. The van der Waals surface area contributed by atoms with E-state index >= 15 is 0 Å². The lowest BCUT2D eigenvalue weighted by Gasteiger charge is -2.21. The molecule has 1 aliphatic rings. The van der Waals surface area contributed by atoms with Gasteiger partial charge < -0.3 is 9.84 Å². The van der Waals surface area contributed by atoms with E-state index in [0.29, 0.717) is 23.3 Å². The third-order valence-electron chi connectivity index (χ3n) is 2.89. The number of Topliss-reactive ketones (excluding diaryl/α,β-unsaturated/α-hetero) is 1. The summed E-state index contributed by atoms with van der Waals surface area (Å²) in [5, 5.41) is 9.06. The maximum atomic E-state index is 11.7. The third kappa shape index (κ3) is 1.66. The Bertz CT molecular complexity index is 450. The zero-order valence-electron chi connectivity index (χ0n) is 8.90. The molecule has 0 saturated carbocycles. The van der Waals surface area contributed by atoms with Crippen LogP contribution in [0.4, 0.5) is 0 Å². The van der Waals surface area contributed by atoms with Gasteiger partial charge in [-0.25, -0.2) is 0 Å². The van der Waals surface area contributed by atoms with Gasteiger partial charge in [-0.15, -0.1) is 0 Å². The number of carbonyl (C=O) groups excluding carboxylic acids is 1. The van der Waals surface area contributed by atoms with E-state index in [9.17, 15) is 9.59 Å². The minimum Gasteiger partial charge on any atom is -0.497 e. The second-order valence-electron chi connectivity index (χ2n) is 3.81. The molecule has 2 rings (SSSR count). The first-order chi connectivity index (χ1) is 7.63. The molecule has 0 fully saturated rings. The lowest BCUT2D eigenvalue weighted by atomic mass is 9.82. The molecule has 0 heterocycles. The first-order valence-electron chi connectivity index (χ1n) is 5.07. The van der Waals surface area contributed by atoms with Gasteiger partial charge in [-0.1, -0.05) is 6.07 Å². The lowest BCUT2D eigenvalue weighted by Crippen LogP contribution is -2.21. The number of aliphatic carboxylic acids is 1. The fourth-order valence-electron chi connectivity index (χ4n) is 2.03. The van der Waals surface area contributed by atoms with Gasteiger partial charge in [0.25, 0.3) is 0 Å². The van der Waals surface area contributed by atoms with Gasteiger partial charge in [0.2, 0.25) is 0 Å². The number of carboxylic acids is 1. The molecule has 1 atom stereocenters. The van der Waals surface area contributed by atoms with Gasteiger partial charge in [-0.2, -0.15) is 0 Å². The van der Waals surface area contributed by atoms with Crippen molar-refractivity contribution in [2.45, 2.75) is 18.8 Å². The van der Waals surface area contributed by atoms with Gasteiger partial charge >= 0.3 is 5.97 Å². The van der Waals surface area contributed by atoms with Crippen molar-refractivity contribution in [1.29, 1.82) is 0 Å². The molecule has 84 valence electrons. The molecule has 0 spiro atoms. The summed E-state index contributed by atoms with van der Waals surface area (Å²) in [6.45, 7) is 0. The molecule has 1 aliphatic carbocycles. The van der Waals surface area contributed by atoms with Crippen molar-refractivity contribution in [2.75, 3.05) is 7.11 Å². The molecule has 1 aromatic rings. The minimum atomic E-state index is -0.876. The molecule has 0 aliphatic heterocycles. The Morgan fingerprint density at radius 1 is 1.50 bits per heavy atom. The molecule has 4 heteroatoms. The third-order valence-corrected chi connectivity index (χ3v) is 2.89. The van der Waals surface area contributed by atoms with Gasteiger partial charge in [0.1, 0.15) is 5.75 Å². The Balaban J connectivity index is 2.51. The molecule has 4 nitrogen and oxygen atoms in total. The highest BCUT2D eigenvalue weighted by Gasteiger charge is 2.30. The molecule has 0 bridgehead atoms. The second kappa shape index (κ2) is 3.96. The van der Waals surface area contributed by atoms with Crippen molar-refractivity contribution in [2.24, 2.45) is 0 Å². The number of hydrogen-bond acceptors (Lipinski definition) is 3. The van der Waals surface area contributed by atoms with E-state index in [1.54, 1.807) is 18.2 Å². The number of rotatable bonds is 2. The number of ether oxygens (including phenoxy) is 1. The molecular formula is C12H12O4. The Morgan fingerprint density at radius 3 is 2.88 bits per heavy atom. The molecule has 0 radical (unpaired) electrons. The van der Waals surface area contributed by atoms with E-state index in [1.165, 1.54) is 7.11 Å². The zero-order valence-corrected chi connectivity index (χ0v) is 8.90. The average molecular weight is 220 g/mol. The SMILES string of the molecule is COc1ccc2c(c1)C(=O)CCC2C(=O)O. The van der Waals surface area contributed by atoms with Crippen LogP contribution in [0.15, 0.2) is 18.2 Å². The van der Waals surface area contributed by atoms with Crippen LogP contribution >= 0.6 is 0 Å². The Labute approximate surface area is 92.8 Å². The highest BCUT2D eigenvalue weighted by molar-refractivity contribution is 6.01. The van der Waals surface area contributed by atoms with Crippen molar-refractivity contribution < 1.29 is 19.4 Å². The summed E-state index contributed by atoms with van der Waals surface area (Å²) in [5.41, 5.74) is 1.09. The molecule has 1 unspecified atom stereocenters. The summed E-state index contributed by atoms with van der Waals surface area (Å²) in [6.07, 6.45) is 0.671. The van der Waals surface area contributed by atoms with Crippen molar-refractivity contribution in [3.8, 4) is 5.75 Å². The van der Waals surface area contributed by atoms with Crippen LogP contribution in [0.2, 0.25) is 0 Å². The van der Waals surface area contributed by atoms with Gasteiger partial charge in [0.15, 0.2) is 5.78 Å². The standard InChI is InChI=1S/C12H12O4/c1-16-7-2-3-8-9(12(14)15)4-5-11(13)10(8)6-7/h2-3,6,9H,4-5H2,1H3,(H,14,15). The molecule has 0 aromatic heterocycles. The van der Waals surface area contributed by atoms with E-state index in [-0.39, 0.29) is 12.2 Å². The maximum Gasteiger partial charge on any atom is 0.311 e. The van der Waals surface area contributed by atoms with E-state index in [4.69, 9.17) is 9.84 Å². The summed E-state index contributed by atoms with van der Waals surface area (Å²) in [7, 11) is 1.52. The Hall–Kier alpha value is -1.84. The number of fused-ring (bicyclic) bond motifs is 1. The zero-order chi connectivity index (χ0) is 11.7. The summed E-state index contributed by atoms with van der Waals surface area (Å²) in [4.78, 5) is 22.7. The number of ketones is 1. The Morgan fingerprint density at radius 2 is 2.25 bits per heavy atom. The Kier molecular flexibility index (Phi) is 2.64. The monoisotopic (exact) mass is 220 g/mol. The van der Waals surface area contributed by atoms with Gasteiger partial charge in [0.05, 0.1) is 13.0 Å². The lowest BCUT2D eigenvalue weighted by molar-refractivity contribution is -0.139. The van der Waals surface area contributed by atoms with E-state index in [0.717, 1.165) is 0 Å². The highest BCUT2D eigenvalue weighted by atomic mass is 16.5. The quantitative estimate of drug-likeness (QED) is 0.825. The summed E-state index contributed by atoms with van der Waals surface area (Å²) < 4.78 is 5.02. The minimum absolute atomic E-state index is 0.00796. The van der Waals surface area contributed by atoms with Crippen LogP contribution < -0.4 is 4.74 Å². The molecule has 16 heavy (non-hydrogen) atoms. The number of carboxylic acid groups (broad SMARTS) is 1. The van der Waals surface area contributed by atoms with Gasteiger partial charge in [0, 0.05) is 12.0 Å².